The van der Waals surface area contributed by atoms with E-state index in [4.69, 9.17) is 0 Å². The Morgan fingerprint density at radius 3 is 2.55 bits per heavy atom. The number of rotatable bonds is 5. The molecule has 1 amide bonds. The lowest BCUT2D eigenvalue weighted by molar-refractivity contribution is -0.124. The van der Waals surface area contributed by atoms with Crippen molar-refractivity contribution in [2.75, 3.05) is 18.0 Å². The van der Waals surface area contributed by atoms with Gasteiger partial charge in [0.1, 0.15) is 5.82 Å². The van der Waals surface area contributed by atoms with E-state index >= 15 is 0 Å². The van der Waals surface area contributed by atoms with Crippen LogP contribution in [-0.4, -0.2) is 34.9 Å². The van der Waals surface area contributed by atoms with Gasteiger partial charge in [-0.2, -0.15) is 0 Å². The molecule has 0 bridgehead atoms. The van der Waals surface area contributed by atoms with Gasteiger partial charge in [-0.15, -0.1) is 0 Å². The van der Waals surface area contributed by atoms with Crippen LogP contribution in [0.25, 0.3) is 0 Å². The fourth-order valence-electron chi connectivity index (χ4n) is 4.86. The van der Waals surface area contributed by atoms with Crippen molar-refractivity contribution in [2.24, 2.45) is 5.92 Å². The second-order valence-corrected chi connectivity index (χ2v) is 8.75. The Labute approximate surface area is 174 Å². The van der Waals surface area contributed by atoms with E-state index in [-0.39, 0.29) is 11.8 Å². The summed E-state index contributed by atoms with van der Waals surface area (Å²) in [5.74, 6) is 1.19. The normalized spacial score (nSPS) is 21.1. The van der Waals surface area contributed by atoms with Crippen LogP contribution in [0, 0.1) is 12.8 Å². The number of amides is 1. The summed E-state index contributed by atoms with van der Waals surface area (Å²) in [6.45, 7) is 4.90. The van der Waals surface area contributed by atoms with E-state index in [0.29, 0.717) is 6.04 Å². The lowest BCUT2D eigenvalue weighted by Crippen LogP contribution is -2.49. The van der Waals surface area contributed by atoms with Crippen molar-refractivity contribution in [3.63, 3.8) is 0 Å². The molecule has 2 fully saturated rings. The maximum absolute atomic E-state index is 13.7. The van der Waals surface area contributed by atoms with Gasteiger partial charge in [-0.05, 0) is 56.3 Å². The third kappa shape index (κ3) is 5.05. The molecule has 4 rings (SSSR count). The number of benzene rings is 1. The van der Waals surface area contributed by atoms with Crippen molar-refractivity contribution in [1.82, 2.24) is 9.88 Å². The lowest BCUT2D eigenvalue weighted by atomic mass is 9.91. The van der Waals surface area contributed by atoms with Crippen LogP contribution in [0.5, 0.6) is 0 Å². The summed E-state index contributed by atoms with van der Waals surface area (Å²) in [4.78, 5) is 22.9. The van der Waals surface area contributed by atoms with Gasteiger partial charge in [0, 0.05) is 25.3 Å². The van der Waals surface area contributed by atoms with E-state index in [2.05, 4.69) is 51.2 Å². The summed E-state index contributed by atoms with van der Waals surface area (Å²) in [5.41, 5.74) is 2.46. The molecule has 1 aromatic heterocycles. The molecule has 2 aliphatic rings. The molecule has 1 unspecified atom stereocenters. The SMILES string of the molecule is Cc1ccc(N(C(=O)C2CCCN(Cc3ccccc3)C2)C2CCCCC2)nc1. The molecule has 1 saturated carbocycles. The largest absolute Gasteiger partial charge is 0.298 e. The van der Waals surface area contributed by atoms with Crippen LogP contribution in [-0.2, 0) is 11.3 Å². The number of carbonyl (C=O) groups excluding carboxylic acids is 1. The fourth-order valence-corrected chi connectivity index (χ4v) is 4.86. The molecule has 2 heterocycles. The first-order chi connectivity index (χ1) is 14.2. The topological polar surface area (TPSA) is 36.4 Å². The zero-order valence-corrected chi connectivity index (χ0v) is 17.6. The molecule has 0 N–H and O–H groups in total. The first kappa shape index (κ1) is 20.1. The van der Waals surface area contributed by atoms with E-state index in [1.54, 1.807) is 0 Å². The summed E-state index contributed by atoms with van der Waals surface area (Å²) in [6.07, 6.45) is 9.87. The van der Waals surface area contributed by atoms with Crippen molar-refractivity contribution in [2.45, 2.75) is 64.5 Å². The van der Waals surface area contributed by atoms with E-state index in [0.717, 1.165) is 56.7 Å². The minimum atomic E-state index is 0.0671. The quantitative estimate of drug-likeness (QED) is 0.722. The zero-order valence-electron chi connectivity index (χ0n) is 17.6. The van der Waals surface area contributed by atoms with Gasteiger partial charge in [0.2, 0.25) is 5.91 Å². The van der Waals surface area contributed by atoms with Gasteiger partial charge < -0.3 is 0 Å². The molecular weight excluding hydrogens is 358 g/mol. The molecule has 0 radical (unpaired) electrons. The lowest BCUT2D eigenvalue weighted by Gasteiger charge is -2.39. The standard InChI is InChI=1S/C25H33N3O/c1-20-14-15-24(26-17-20)28(23-12-6-3-7-13-23)25(29)22-11-8-16-27(19-22)18-21-9-4-2-5-10-21/h2,4-5,9-10,14-15,17,22-23H,3,6-8,11-13,16,18-19H2,1H3. The number of nitrogens with zero attached hydrogens (tertiary/aromatic N) is 3. The van der Waals surface area contributed by atoms with Crippen molar-refractivity contribution >= 4 is 11.7 Å². The molecule has 1 aromatic carbocycles. The predicted molar refractivity (Wildman–Crippen MR) is 118 cm³/mol. The monoisotopic (exact) mass is 391 g/mol. The molecule has 4 nitrogen and oxygen atoms in total. The molecule has 1 aliphatic carbocycles. The molecule has 4 heteroatoms. The summed E-state index contributed by atoms with van der Waals surface area (Å²) >= 11 is 0. The van der Waals surface area contributed by atoms with Crippen LogP contribution in [0.3, 0.4) is 0 Å². The average Bonchev–Trinajstić information content (AvgIpc) is 2.77. The van der Waals surface area contributed by atoms with E-state index in [1.165, 1.54) is 24.8 Å². The molecule has 0 spiro atoms. The van der Waals surface area contributed by atoms with Crippen molar-refractivity contribution in [3.05, 3.63) is 59.8 Å². The first-order valence-electron chi connectivity index (χ1n) is 11.2. The Bertz CT molecular complexity index is 783. The number of piperidine rings is 1. The second kappa shape index (κ2) is 9.53. The molecular formula is C25H33N3O. The van der Waals surface area contributed by atoms with Crippen LogP contribution in [0.15, 0.2) is 48.7 Å². The minimum absolute atomic E-state index is 0.0671. The van der Waals surface area contributed by atoms with Gasteiger partial charge in [-0.25, -0.2) is 4.98 Å². The molecule has 1 atom stereocenters. The third-order valence-corrected chi connectivity index (χ3v) is 6.42. The van der Waals surface area contributed by atoms with E-state index in [1.807, 2.05) is 19.2 Å². The second-order valence-electron chi connectivity index (χ2n) is 8.75. The highest BCUT2D eigenvalue weighted by Gasteiger charge is 2.34. The molecule has 2 aromatic rings. The fraction of sp³-hybridized carbons (Fsp3) is 0.520. The number of aromatic nitrogens is 1. The predicted octanol–water partition coefficient (Wildman–Crippen LogP) is 4.97. The summed E-state index contributed by atoms with van der Waals surface area (Å²) in [6, 6.07) is 15.0. The van der Waals surface area contributed by atoms with Crippen LogP contribution in [0.1, 0.15) is 56.1 Å². The van der Waals surface area contributed by atoms with Gasteiger partial charge in [0.05, 0.1) is 5.92 Å². The summed E-state index contributed by atoms with van der Waals surface area (Å²) < 4.78 is 0. The Hall–Kier alpha value is -2.20. The van der Waals surface area contributed by atoms with Crippen LogP contribution in [0.2, 0.25) is 0 Å². The van der Waals surface area contributed by atoms with Crippen LogP contribution < -0.4 is 4.90 Å². The minimum Gasteiger partial charge on any atom is -0.298 e. The highest BCUT2D eigenvalue weighted by atomic mass is 16.2. The number of carbonyl (C=O) groups is 1. The molecule has 1 saturated heterocycles. The summed E-state index contributed by atoms with van der Waals surface area (Å²) in [5, 5.41) is 0. The number of aryl methyl sites for hydroxylation is 1. The van der Waals surface area contributed by atoms with Gasteiger partial charge in [-0.1, -0.05) is 55.7 Å². The summed E-state index contributed by atoms with van der Waals surface area (Å²) in [7, 11) is 0. The van der Waals surface area contributed by atoms with Crippen molar-refractivity contribution in [1.29, 1.82) is 0 Å². The maximum Gasteiger partial charge on any atom is 0.232 e. The van der Waals surface area contributed by atoms with Gasteiger partial charge >= 0.3 is 0 Å². The Morgan fingerprint density at radius 1 is 1.03 bits per heavy atom. The Kier molecular flexibility index (Phi) is 6.60. The number of hydrogen-bond donors (Lipinski definition) is 0. The third-order valence-electron chi connectivity index (χ3n) is 6.42. The van der Waals surface area contributed by atoms with Gasteiger partial charge in [0.15, 0.2) is 0 Å². The van der Waals surface area contributed by atoms with Crippen LogP contribution >= 0.6 is 0 Å². The van der Waals surface area contributed by atoms with Gasteiger partial charge in [-0.3, -0.25) is 14.6 Å². The Balaban J connectivity index is 1.50. The maximum atomic E-state index is 13.7. The highest BCUT2D eigenvalue weighted by Crippen LogP contribution is 2.30. The van der Waals surface area contributed by atoms with E-state index < -0.39 is 0 Å². The zero-order chi connectivity index (χ0) is 20.1. The molecule has 29 heavy (non-hydrogen) atoms. The number of hydrogen-bond acceptors (Lipinski definition) is 3. The number of likely N-dealkylation sites (tertiary alicyclic amines) is 1. The molecule has 154 valence electrons. The van der Waals surface area contributed by atoms with Gasteiger partial charge in [0.25, 0.3) is 0 Å². The number of anilines is 1. The molecule has 1 aliphatic heterocycles. The highest BCUT2D eigenvalue weighted by molar-refractivity contribution is 5.95. The number of pyridine rings is 1. The van der Waals surface area contributed by atoms with E-state index in [9.17, 15) is 4.79 Å². The Morgan fingerprint density at radius 2 is 1.83 bits per heavy atom. The first-order valence-corrected chi connectivity index (χ1v) is 11.2. The average molecular weight is 392 g/mol. The van der Waals surface area contributed by atoms with Crippen LogP contribution in [0.4, 0.5) is 5.82 Å². The van der Waals surface area contributed by atoms with Crippen molar-refractivity contribution in [3.8, 4) is 0 Å². The van der Waals surface area contributed by atoms with Crippen molar-refractivity contribution < 1.29 is 4.79 Å². The smallest absolute Gasteiger partial charge is 0.232 e.